The molecule has 2 heterocycles. The SMILES string of the molecule is COCC1CCN(c2cc(Cl)nc(C(C)C)n2)CC1. The van der Waals surface area contributed by atoms with Crippen LogP contribution < -0.4 is 4.90 Å². The van der Waals surface area contributed by atoms with Gasteiger partial charge in [-0.05, 0) is 18.8 Å². The van der Waals surface area contributed by atoms with Gasteiger partial charge < -0.3 is 9.64 Å². The van der Waals surface area contributed by atoms with Crippen LogP contribution in [0.3, 0.4) is 0 Å². The Morgan fingerprint density at radius 1 is 1.37 bits per heavy atom. The largest absolute Gasteiger partial charge is 0.384 e. The highest BCUT2D eigenvalue weighted by atomic mass is 35.5. The molecule has 0 bridgehead atoms. The van der Waals surface area contributed by atoms with Crippen LogP contribution in [0.5, 0.6) is 0 Å². The number of hydrogen-bond donors (Lipinski definition) is 0. The topological polar surface area (TPSA) is 38.2 Å². The van der Waals surface area contributed by atoms with Crippen molar-refractivity contribution in [1.29, 1.82) is 0 Å². The van der Waals surface area contributed by atoms with E-state index in [0.29, 0.717) is 17.0 Å². The number of nitrogens with zero attached hydrogens (tertiary/aromatic N) is 3. The summed E-state index contributed by atoms with van der Waals surface area (Å²) in [6.07, 6.45) is 2.29. The fourth-order valence-corrected chi connectivity index (χ4v) is 2.59. The fourth-order valence-electron chi connectivity index (χ4n) is 2.41. The molecule has 5 heteroatoms. The quantitative estimate of drug-likeness (QED) is 0.796. The number of anilines is 1. The van der Waals surface area contributed by atoms with Crippen molar-refractivity contribution in [2.75, 3.05) is 31.7 Å². The van der Waals surface area contributed by atoms with Crippen LogP contribution in [-0.2, 0) is 4.74 Å². The summed E-state index contributed by atoms with van der Waals surface area (Å²) in [5.41, 5.74) is 0. The highest BCUT2D eigenvalue weighted by Gasteiger charge is 2.21. The minimum Gasteiger partial charge on any atom is -0.384 e. The third-order valence-electron chi connectivity index (χ3n) is 3.56. The standard InChI is InChI=1S/C14H22ClN3O/c1-10(2)14-16-12(15)8-13(17-14)18-6-4-11(5-7-18)9-19-3/h8,10-11H,4-7,9H2,1-3H3. The van der Waals surface area contributed by atoms with Crippen LogP contribution in [0.15, 0.2) is 6.07 Å². The number of aromatic nitrogens is 2. The second-order valence-electron chi connectivity index (χ2n) is 5.45. The molecule has 4 nitrogen and oxygen atoms in total. The van der Waals surface area contributed by atoms with Gasteiger partial charge in [-0.1, -0.05) is 25.4 Å². The summed E-state index contributed by atoms with van der Waals surface area (Å²) in [5, 5.41) is 0.535. The van der Waals surface area contributed by atoms with Crippen molar-refractivity contribution in [3.8, 4) is 0 Å². The van der Waals surface area contributed by atoms with Crippen molar-refractivity contribution in [2.45, 2.75) is 32.6 Å². The van der Waals surface area contributed by atoms with Crippen LogP contribution >= 0.6 is 11.6 Å². The lowest BCUT2D eigenvalue weighted by molar-refractivity contribution is 0.139. The van der Waals surface area contributed by atoms with E-state index in [4.69, 9.17) is 16.3 Å². The minimum absolute atomic E-state index is 0.295. The Labute approximate surface area is 120 Å². The van der Waals surface area contributed by atoms with Crippen molar-refractivity contribution < 1.29 is 4.74 Å². The molecular formula is C14H22ClN3O. The fraction of sp³-hybridized carbons (Fsp3) is 0.714. The smallest absolute Gasteiger partial charge is 0.135 e. The number of methoxy groups -OCH3 is 1. The van der Waals surface area contributed by atoms with Crippen LogP contribution in [-0.4, -0.2) is 36.8 Å². The first kappa shape index (κ1) is 14.5. The maximum absolute atomic E-state index is 6.09. The molecule has 1 aliphatic rings. The number of rotatable bonds is 4. The van der Waals surface area contributed by atoms with E-state index < -0.39 is 0 Å². The molecule has 0 atom stereocenters. The van der Waals surface area contributed by atoms with E-state index >= 15 is 0 Å². The number of hydrogen-bond acceptors (Lipinski definition) is 4. The molecule has 0 aliphatic carbocycles. The van der Waals surface area contributed by atoms with Crippen LogP contribution in [0.1, 0.15) is 38.4 Å². The van der Waals surface area contributed by atoms with E-state index in [1.165, 1.54) is 0 Å². The Balaban J connectivity index is 2.06. The first-order valence-corrected chi connectivity index (χ1v) is 7.26. The van der Waals surface area contributed by atoms with Crippen LogP contribution in [0.4, 0.5) is 5.82 Å². The first-order chi connectivity index (χ1) is 9.10. The normalized spacial score (nSPS) is 17.2. The summed E-state index contributed by atoms with van der Waals surface area (Å²) in [7, 11) is 1.77. The van der Waals surface area contributed by atoms with Crippen molar-refractivity contribution >= 4 is 17.4 Å². The van der Waals surface area contributed by atoms with E-state index in [-0.39, 0.29) is 0 Å². The van der Waals surface area contributed by atoms with Gasteiger partial charge in [0, 0.05) is 38.8 Å². The molecule has 1 aromatic rings. The average molecular weight is 284 g/mol. The van der Waals surface area contributed by atoms with E-state index in [2.05, 4.69) is 28.7 Å². The van der Waals surface area contributed by atoms with Crippen LogP contribution in [0.2, 0.25) is 5.15 Å². The van der Waals surface area contributed by atoms with E-state index in [1.807, 2.05) is 6.07 Å². The first-order valence-electron chi connectivity index (χ1n) is 6.88. The number of piperidine rings is 1. The zero-order valence-electron chi connectivity index (χ0n) is 11.9. The average Bonchev–Trinajstić information content (AvgIpc) is 2.39. The Morgan fingerprint density at radius 3 is 2.63 bits per heavy atom. The Kier molecular flexibility index (Phi) is 4.99. The molecule has 1 fully saturated rings. The molecule has 1 saturated heterocycles. The molecule has 19 heavy (non-hydrogen) atoms. The van der Waals surface area contributed by atoms with Gasteiger partial charge in [0.1, 0.15) is 16.8 Å². The molecule has 1 aromatic heterocycles. The molecule has 0 radical (unpaired) electrons. The van der Waals surface area contributed by atoms with Crippen LogP contribution in [0.25, 0.3) is 0 Å². The molecule has 0 spiro atoms. The summed E-state index contributed by atoms with van der Waals surface area (Å²) in [5.74, 6) is 2.74. The second-order valence-corrected chi connectivity index (χ2v) is 5.83. The summed E-state index contributed by atoms with van der Waals surface area (Å²) in [6.45, 7) is 7.05. The van der Waals surface area contributed by atoms with Crippen molar-refractivity contribution in [3.05, 3.63) is 17.0 Å². The summed E-state index contributed by atoms with van der Waals surface area (Å²) >= 11 is 6.09. The van der Waals surface area contributed by atoms with Gasteiger partial charge in [0.15, 0.2) is 0 Å². The van der Waals surface area contributed by atoms with Gasteiger partial charge in [-0.15, -0.1) is 0 Å². The highest BCUT2D eigenvalue weighted by molar-refractivity contribution is 6.29. The molecule has 2 rings (SSSR count). The van der Waals surface area contributed by atoms with Gasteiger partial charge in [-0.3, -0.25) is 0 Å². The minimum atomic E-state index is 0.295. The molecule has 0 saturated carbocycles. The van der Waals surface area contributed by atoms with Gasteiger partial charge in [-0.2, -0.15) is 0 Å². The third-order valence-corrected chi connectivity index (χ3v) is 3.75. The summed E-state index contributed by atoms with van der Waals surface area (Å²) in [6, 6.07) is 1.87. The van der Waals surface area contributed by atoms with Gasteiger partial charge in [0.05, 0.1) is 0 Å². The maximum Gasteiger partial charge on any atom is 0.135 e. The second kappa shape index (κ2) is 6.53. The maximum atomic E-state index is 6.09. The molecule has 0 unspecified atom stereocenters. The Hall–Kier alpha value is -0.870. The Bertz CT molecular complexity index is 417. The monoisotopic (exact) mass is 283 g/mol. The number of ether oxygens (including phenoxy) is 1. The molecule has 0 N–H and O–H groups in total. The summed E-state index contributed by atoms with van der Waals surface area (Å²) < 4.78 is 5.23. The van der Waals surface area contributed by atoms with E-state index in [1.54, 1.807) is 7.11 Å². The molecule has 0 amide bonds. The van der Waals surface area contributed by atoms with Crippen molar-refractivity contribution in [1.82, 2.24) is 9.97 Å². The zero-order valence-corrected chi connectivity index (χ0v) is 12.7. The number of halogens is 1. The van der Waals surface area contributed by atoms with Gasteiger partial charge >= 0.3 is 0 Å². The zero-order chi connectivity index (χ0) is 13.8. The van der Waals surface area contributed by atoms with Gasteiger partial charge in [0.25, 0.3) is 0 Å². The molecule has 106 valence electrons. The van der Waals surface area contributed by atoms with Gasteiger partial charge in [-0.25, -0.2) is 9.97 Å². The predicted octanol–water partition coefficient (Wildman–Crippen LogP) is 3.12. The molecular weight excluding hydrogens is 262 g/mol. The molecule has 1 aliphatic heterocycles. The van der Waals surface area contributed by atoms with E-state index in [0.717, 1.165) is 44.2 Å². The lowest BCUT2D eigenvalue weighted by Gasteiger charge is -2.32. The predicted molar refractivity (Wildman–Crippen MR) is 77.9 cm³/mol. The highest BCUT2D eigenvalue weighted by Crippen LogP contribution is 2.25. The lowest BCUT2D eigenvalue weighted by Crippen LogP contribution is -2.35. The summed E-state index contributed by atoms with van der Waals surface area (Å²) in [4.78, 5) is 11.2. The van der Waals surface area contributed by atoms with Crippen LogP contribution in [0, 0.1) is 5.92 Å². The van der Waals surface area contributed by atoms with Gasteiger partial charge in [0.2, 0.25) is 0 Å². The molecule has 0 aromatic carbocycles. The van der Waals surface area contributed by atoms with Crippen molar-refractivity contribution in [2.24, 2.45) is 5.92 Å². The van der Waals surface area contributed by atoms with E-state index in [9.17, 15) is 0 Å². The third kappa shape index (κ3) is 3.80. The Morgan fingerprint density at radius 2 is 2.05 bits per heavy atom. The lowest BCUT2D eigenvalue weighted by atomic mass is 9.98. The van der Waals surface area contributed by atoms with Crippen molar-refractivity contribution in [3.63, 3.8) is 0 Å².